The van der Waals surface area contributed by atoms with E-state index in [1.165, 1.54) is 6.33 Å². The maximum atomic E-state index is 14.1. The summed E-state index contributed by atoms with van der Waals surface area (Å²) in [6.07, 6.45) is 3.89. The number of halogens is 2. The molecule has 0 saturated carbocycles. The van der Waals surface area contributed by atoms with Gasteiger partial charge in [0, 0.05) is 39.2 Å². The van der Waals surface area contributed by atoms with E-state index in [1.807, 2.05) is 4.90 Å². The topological polar surface area (TPSA) is 67.1 Å². The highest BCUT2D eigenvalue weighted by atomic mass is 79.9. The minimum Gasteiger partial charge on any atom is -0.382 e. The van der Waals surface area contributed by atoms with Crippen LogP contribution in [-0.4, -0.2) is 37.9 Å². The number of nitrogens with zero attached hydrogens (tertiary/aromatic N) is 5. The zero-order chi connectivity index (χ0) is 15.0. The molecule has 3 heterocycles. The molecule has 0 aromatic carbocycles. The molecule has 1 fully saturated rings. The summed E-state index contributed by atoms with van der Waals surface area (Å²) >= 11 is 3.16. The van der Waals surface area contributed by atoms with E-state index in [9.17, 15) is 9.50 Å². The van der Waals surface area contributed by atoms with Gasteiger partial charge in [0.1, 0.15) is 11.9 Å². The number of aryl methyl sites for hydroxylation is 1. The minimum atomic E-state index is -1.02. The van der Waals surface area contributed by atoms with Crippen molar-refractivity contribution in [2.24, 2.45) is 7.05 Å². The van der Waals surface area contributed by atoms with Crippen LogP contribution < -0.4 is 4.90 Å². The summed E-state index contributed by atoms with van der Waals surface area (Å²) in [5.41, 5.74) is -1.02. The highest BCUT2D eigenvalue weighted by Gasteiger charge is 2.38. The van der Waals surface area contributed by atoms with Crippen molar-refractivity contribution >= 4 is 21.7 Å². The van der Waals surface area contributed by atoms with Crippen molar-refractivity contribution in [3.05, 3.63) is 34.7 Å². The van der Waals surface area contributed by atoms with Crippen molar-refractivity contribution in [3.8, 4) is 0 Å². The first kappa shape index (κ1) is 14.4. The Morgan fingerprint density at radius 3 is 2.67 bits per heavy atom. The van der Waals surface area contributed by atoms with Gasteiger partial charge in [0.25, 0.3) is 0 Å². The third kappa shape index (κ3) is 2.53. The second-order valence-corrected chi connectivity index (χ2v) is 6.01. The van der Waals surface area contributed by atoms with E-state index in [0.29, 0.717) is 42.0 Å². The molecule has 6 nitrogen and oxygen atoms in total. The minimum absolute atomic E-state index is 0.310. The van der Waals surface area contributed by atoms with Gasteiger partial charge < -0.3 is 10.0 Å². The molecule has 3 rings (SSSR count). The smallest absolute Gasteiger partial charge is 0.179 e. The monoisotopic (exact) mass is 355 g/mol. The molecule has 8 heteroatoms. The first-order valence-electron chi connectivity index (χ1n) is 6.63. The molecule has 2 aromatic heterocycles. The van der Waals surface area contributed by atoms with Crippen LogP contribution in [0.5, 0.6) is 0 Å². The average molecular weight is 356 g/mol. The Bertz CT molecular complexity index is 654. The van der Waals surface area contributed by atoms with Crippen LogP contribution in [0.1, 0.15) is 18.7 Å². The summed E-state index contributed by atoms with van der Waals surface area (Å²) in [6, 6.07) is 1.57. The Labute approximate surface area is 129 Å². The fraction of sp³-hybridized carbons (Fsp3) is 0.462. The van der Waals surface area contributed by atoms with Crippen LogP contribution in [0.15, 0.2) is 23.1 Å². The normalized spacial score (nSPS) is 18.0. The van der Waals surface area contributed by atoms with Crippen LogP contribution >= 0.6 is 15.9 Å². The Hall–Kier alpha value is -1.54. The third-order valence-corrected chi connectivity index (χ3v) is 4.45. The summed E-state index contributed by atoms with van der Waals surface area (Å²) < 4.78 is 16.0. The lowest BCUT2D eigenvalue weighted by Gasteiger charge is -2.37. The summed E-state index contributed by atoms with van der Waals surface area (Å²) in [7, 11) is 1.75. The number of rotatable bonds is 2. The molecular weight excluding hydrogens is 341 g/mol. The van der Waals surface area contributed by atoms with E-state index < -0.39 is 5.60 Å². The number of anilines is 1. The fourth-order valence-corrected chi connectivity index (χ4v) is 2.96. The lowest BCUT2D eigenvalue weighted by atomic mass is 9.90. The number of hydrogen-bond acceptors (Lipinski definition) is 5. The van der Waals surface area contributed by atoms with E-state index in [-0.39, 0.29) is 5.82 Å². The molecule has 1 aliphatic rings. The van der Waals surface area contributed by atoms with Gasteiger partial charge in [0.2, 0.25) is 0 Å². The van der Waals surface area contributed by atoms with Gasteiger partial charge in [0.05, 0.1) is 4.47 Å². The van der Waals surface area contributed by atoms with Crippen molar-refractivity contribution in [3.63, 3.8) is 0 Å². The molecule has 1 N–H and O–H groups in total. The lowest BCUT2D eigenvalue weighted by Crippen LogP contribution is -2.44. The van der Waals surface area contributed by atoms with E-state index >= 15 is 0 Å². The van der Waals surface area contributed by atoms with Gasteiger partial charge in [-0.15, -0.1) is 0 Å². The van der Waals surface area contributed by atoms with Crippen molar-refractivity contribution in [2.75, 3.05) is 18.0 Å². The lowest BCUT2D eigenvalue weighted by molar-refractivity contribution is -0.000289. The molecule has 2 aromatic rings. The van der Waals surface area contributed by atoms with Gasteiger partial charge in [-0.1, -0.05) is 0 Å². The van der Waals surface area contributed by atoms with Crippen LogP contribution in [-0.2, 0) is 12.6 Å². The summed E-state index contributed by atoms with van der Waals surface area (Å²) in [6.45, 7) is 1.01. The Morgan fingerprint density at radius 2 is 2.05 bits per heavy atom. The second kappa shape index (κ2) is 5.34. The molecular formula is C13H15BrFN5O. The molecule has 0 spiro atoms. The van der Waals surface area contributed by atoms with Crippen molar-refractivity contribution < 1.29 is 9.50 Å². The van der Waals surface area contributed by atoms with E-state index in [1.54, 1.807) is 24.0 Å². The highest BCUT2D eigenvalue weighted by Crippen LogP contribution is 2.34. The molecule has 0 bridgehead atoms. The van der Waals surface area contributed by atoms with Crippen molar-refractivity contribution in [2.45, 2.75) is 18.4 Å². The van der Waals surface area contributed by atoms with Gasteiger partial charge in [-0.2, -0.15) is 5.10 Å². The second-order valence-electron chi connectivity index (χ2n) is 5.16. The van der Waals surface area contributed by atoms with Crippen molar-refractivity contribution in [1.82, 2.24) is 19.7 Å². The quantitative estimate of drug-likeness (QED) is 0.886. The zero-order valence-corrected chi connectivity index (χ0v) is 13.1. The van der Waals surface area contributed by atoms with Crippen LogP contribution in [0.2, 0.25) is 0 Å². The SMILES string of the molecule is Cn1ncnc1C1(O)CCN(c2nccc(Br)c2F)CC1. The van der Waals surface area contributed by atoms with Crippen LogP contribution in [0.3, 0.4) is 0 Å². The molecule has 0 aliphatic carbocycles. The maximum absolute atomic E-state index is 14.1. The van der Waals surface area contributed by atoms with Gasteiger partial charge in [-0.25, -0.2) is 14.4 Å². The van der Waals surface area contributed by atoms with E-state index in [2.05, 4.69) is 31.0 Å². The Kier molecular flexibility index (Phi) is 3.66. The van der Waals surface area contributed by atoms with Crippen LogP contribution in [0.4, 0.5) is 10.2 Å². The molecule has 0 atom stereocenters. The summed E-state index contributed by atoms with van der Waals surface area (Å²) in [5, 5.41) is 14.7. The molecule has 0 radical (unpaired) electrons. The zero-order valence-electron chi connectivity index (χ0n) is 11.5. The molecule has 21 heavy (non-hydrogen) atoms. The van der Waals surface area contributed by atoms with Crippen LogP contribution in [0.25, 0.3) is 0 Å². The van der Waals surface area contributed by atoms with Gasteiger partial charge >= 0.3 is 0 Å². The highest BCUT2D eigenvalue weighted by molar-refractivity contribution is 9.10. The first-order chi connectivity index (χ1) is 10.0. The molecule has 112 valence electrons. The standard InChI is InChI=1S/C13H15BrFN5O/c1-19-12(17-8-18-19)13(21)3-6-20(7-4-13)11-10(15)9(14)2-5-16-11/h2,5,8,21H,3-4,6-7H2,1H3. The predicted octanol–water partition coefficient (Wildman–Crippen LogP) is 1.60. The Balaban J connectivity index is 1.79. The van der Waals surface area contributed by atoms with Crippen LogP contribution in [0, 0.1) is 5.82 Å². The molecule has 0 unspecified atom stereocenters. The van der Waals surface area contributed by atoms with Gasteiger partial charge in [-0.3, -0.25) is 4.68 Å². The average Bonchev–Trinajstić information content (AvgIpc) is 2.90. The number of aliphatic hydroxyl groups is 1. The fourth-order valence-electron chi connectivity index (χ4n) is 2.66. The summed E-state index contributed by atoms with van der Waals surface area (Å²) in [4.78, 5) is 10.1. The third-order valence-electron chi connectivity index (χ3n) is 3.84. The molecule has 1 saturated heterocycles. The number of piperidine rings is 1. The molecule has 0 amide bonds. The molecule has 1 aliphatic heterocycles. The number of pyridine rings is 1. The number of hydrogen-bond donors (Lipinski definition) is 1. The van der Waals surface area contributed by atoms with Gasteiger partial charge in [0.15, 0.2) is 17.5 Å². The number of aromatic nitrogens is 4. The summed E-state index contributed by atoms with van der Waals surface area (Å²) in [5.74, 6) is 0.482. The largest absolute Gasteiger partial charge is 0.382 e. The van der Waals surface area contributed by atoms with Gasteiger partial charge in [-0.05, 0) is 22.0 Å². The first-order valence-corrected chi connectivity index (χ1v) is 7.42. The predicted molar refractivity (Wildman–Crippen MR) is 78.2 cm³/mol. The Morgan fingerprint density at radius 1 is 1.33 bits per heavy atom. The maximum Gasteiger partial charge on any atom is 0.179 e. The van der Waals surface area contributed by atoms with E-state index in [4.69, 9.17) is 0 Å². The van der Waals surface area contributed by atoms with Crippen molar-refractivity contribution in [1.29, 1.82) is 0 Å². The van der Waals surface area contributed by atoms with E-state index in [0.717, 1.165) is 0 Å².